The van der Waals surface area contributed by atoms with Crippen LogP contribution in [0.2, 0.25) is 0 Å². The van der Waals surface area contributed by atoms with Crippen molar-refractivity contribution in [3.63, 3.8) is 0 Å². The van der Waals surface area contributed by atoms with Gasteiger partial charge < -0.3 is 10.1 Å². The van der Waals surface area contributed by atoms with Crippen LogP contribution < -0.4 is 5.32 Å². The Balaban J connectivity index is 2.25. The highest BCUT2D eigenvalue weighted by molar-refractivity contribution is 6.02. The third-order valence-electron chi connectivity index (χ3n) is 4.15. The van der Waals surface area contributed by atoms with Crippen molar-refractivity contribution in [2.45, 2.75) is 24.0 Å². The molecule has 6 nitrogen and oxygen atoms in total. The largest absolute Gasteiger partial charge is 0.369 e. The number of ether oxygens (including phenoxy) is 1. The molecular weight excluding hydrogens is 260 g/mol. The van der Waals surface area contributed by atoms with E-state index < -0.39 is 28.4 Å². The Bertz CT molecular complexity index is 613. The Morgan fingerprint density at radius 1 is 1.45 bits per heavy atom. The Labute approximate surface area is 115 Å². The van der Waals surface area contributed by atoms with Gasteiger partial charge in [-0.25, -0.2) is 0 Å². The predicted molar refractivity (Wildman–Crippen MR) is 72.1 cm³/mol. The summed E-state index contributed by atoms with van der Waals surface area (Å²) in [5.41, 5.74) is -0.363. The van der Waals surface area contributed by atoms with Gasteiger partial charge in [0.15, 0.2) is 6.10 Å². The summed E-state index contributed by atoms with van der Waals surface area (Å²) in [7, 11) is 1.39. The van der Waals surface area contributed by atoms with E-state index in [9.17, 15) is 14.9 Å². The average Bonchev–Trinajstić information content (AvgIpc) is 2.46. The fourth-order valence-corrected chi connectivity index (χ4v) is 3.22. The molecular formula is C14H14N2O4. The molecule has 2 aliphatic rings. The number of para-hydroxylation sites is 1. The fraction of sp³-hybridized carbons (Fsp3) is 0.357. The van der Waals surface area contributed by atoms with Crippen LogP contribution in [0.3, 0.4) is 0 Å². The first kappa shape index (κ1) is 12.8. The van der Waals surface area contributed by atoms with Gasteiger partial charge in [0.2, 0.25) is 0 Å². The summed E-state index contributed by atoms with van der Waals surface area (Å²) in [5, 5.41) is 14.4. The number of methoxy groups -OCH3 is 1. The minimum Gasteiger partial charge on any atom is -0.369 e. The van der Waals surface area contributed by atoms with Gasteiger partial charge >= 0.3 is 11.4 Å². The van der Waals surface area contributed by atoms with Crippen LogP contribution in [0.5, 0.6) is 0 Å². The Kier molecular flexibility index (Phi) is 2.83. The van der Waals surface area contributed by atoms with Gasteiger partial charge in [-0.2, -0.15) is 0 Å². The molecule has 1 aliphatic carbocycles. The molecule has 1 unspecified atom stereocenters. The predicted octanol–water partition coefficient (Wildman–Crippen LogP) is 1.71. The standard InChI is InChI=1S/C14H14N2O4/c1-20-12-8-4-6-10-9-5-2-3-7-11(9)15-13(17)14(10,12)16(18)19/h2-5,7-8,10,12H,6H2,1H3,(H,15,17)/t10-,12?,14-/m0/s1. The lowest BCUT2D eigenvalue weighted by Gasteiger charge is -2.41. The minimum atomic E-state index is -1.79. The van der Waals surface area contributed by atoms with E-state index in [4.69, 9.17) is 4.74 Å². The van der Waals surface area contributed by atoms with Crippen LogP contribution in [-0.2, 0) is 9.53 Å². The van der Waals surface area contributed by atoms with Crippen molar-refractivity contribution in [3.05, 3.63) is 52.1 Å². The molecule has 0 saturated heterocycles. The lowest BCUT2D eigenvalue weighted by Crippen LogP contribution is -2.64. The van der Waals surface area contributed by atoms with Crippen LogP contribution in [0.4, 0.5) is 5.69 Å². The maximum Gasteiger partial charge on any atom is 0.334 e. The molecule has 1 aliphatic heterocycles. The Hall–Kier alpha value is -2.21. The highest BCUT2D eigenvalue weighted by Gasteiger charge is 2.66. The second-order valence-electron chi connectivity index (χ2n) is 5.00. The number of hydrogen-bond acceptors (Lipinski definition) is 4. The molecule has 0 spiro atoms. The van der Waals surface area contributed by atoms with Crippen molar-refractivity contribution in [2.75, 3.05) is 12.4 Å². The molecule has 3 atom stereocenters. The number of carbonyl (C=O) groups excluding carboxylic acids is 1. The molecule has 0 bridgehead atoms. The molecule has 0 radical (unpaired) electrons. The van der Waals surface area contributed by atoms with Gasteiger partial charge in [0, 0.05) is 17.7 Å². The molecule has 1 N–H and O–H groups in total. The van der Waals surface area contributed by atoms with Crippen molar-refractivity contribution < 1.29 is 14.5 Å². The number of amides is 1. The van der Waals surface area contributed by atoms with E-state index >= 15 is 0 Å². The first-order valence-electron chi connectivity index (χ1n) is 6.36. The van der Waals surface area contributed by atoms with Gasteiger partial charge in [0.1, 0.15) is 0 Å². The highest BCUT2D eigenvalue weighted by atomic mass is 16.6. The summed E-state index contributed by atoms with van der Waals surface area (Å²) in [6.45, 7) is 0. The van der Waals surface area contributed by atoms with E-state index in [2.05, 4.69) is 5.32 Å². The number of rotatable bonds is 2. The number of benzene rings is 1. The van der Waals surface area contributed by atoms with Crippen LogP contribution in [0.25, 0.3) is 0 Å². The lowest BCUT2D eigenvalue weighted by molar-refractivity contribution is -0.568. The second kappa shape index (κ2) is 4.42. The van der Waals surface area contributed by atoms with Crippen LogP contribution in [0.15, 0.2) is 36.4 Å². The summed E-state index contributed by atoms with van der Waals surface area (Å²) in [5.74, 6) is -1.13. The van der Waals surface area contributed by atoms with Crippen molar-refractivity contribution in [1.82, 2.24) is 0 Å². The first-order valence-corrected chi connectivity index (χ1v) is 6.36. The maximum atomic E-state index is 12.5. The van der Waals surface area contributed by atoms with Gasteiger partial charge in [-0.1, -0.05) is 30.4 Å². The van der Waals surface area contributed by atoms with Crippen LogP contribution in [0.1, 0.15) is 17.9 Å². The van der Waals surface area contributed by atoms with E-state index in [0.29, 0.717) is 12.1 Å². The van der Waals surface area contributed by atoms with Crippen molar-refractivity contribution in [2.24, 2.45) is 0 Å². The van der Waals surface area contributed by atoms with E-state index in [1.807, 2.05) is 18.2 Å². The smallest absolute Gasteiger partial charge is 0.334 e. The highest BCUT2D eigenvalue weighted by Crippen LogP contribution is 2.47. The Morgan fingerprint density at radius 3 is 2.90 bits per heavy atom. The van der Waals surface area contributed by atoms with E-state index in [1.165, 1.54) is 7.11 Å². The third kappa shape index (κ3) is 1.45. The van der Waals surface area contributed by atoms with Crippen LogP contribution in [-0.4, -0.2) is 29.6 Å². The summed E-state index contributed by atoms with van der Waals surface area (Å²) in [4.78, 5) is 23.7. The van der Waals surface area contributed by atoms with Gasteiger partial charge in [-0.3, -0.25) is 14.9 Å². The molecule has 0 fully saturated rings. The van der Waals surface area contributed by atoms with Gasteiger partial charge in [0.25, 0.3) is 0 Å². The van der Waals surface area contributed by atoms with E-state index in [0.717, 1.165) is 5.56 Å². The number of nitrogens with zero attached hydrogens (tertiary/aromatic N) is 1. The van der Waals surface area contributed by atoms with Crippen molar-refractivity contribution >= 4 is 11.6 Å². The molecule has 1 amide bonds. The molecule has 6 heteroatoms. The zero-order valence-electron chi connectivity index (χ0n) is 10.9. The second-order valence-corrected chi connectivity index (χ2v) is 5.00. The zero-order chi connectivity index (χ0) is 14.3. The van der Waals surface area contributed by atoms with Gasteiger partial charge in [-0.15, -0.1) is 0 Å². The van der Waals surface area contributed by atoms with Crippen LogP contribution in [0, 0.1) is 10.1 Å². The number of nitro groups is 1. The number of hydrogen-bond donors (Lipinski definition) is 1. The molecule has 20 heavy (non-hydrogen) atoms. The topological polar surface area (TPSA) is 81.5 Å². The Morgan fingerprint density at radius 2 is 2.20 bits per heavy atom. The summed E-state index contributed by atoms with van der Waals surface area (Å²) in [6.07, 6.45) is 3.03. The first-order chi connectivity index (χ1) is 9.62. The lowest BCUT2D eigenvalue weighted by atomic mass is 9.68. The van der Waals surface area contributed by atoms with E-state index in [1.54, 1.807) is 18.2 Å². The third-order valence-corrected chi connectivity index (χ3v) is 4.15. The SMILES string of the molecule is COC1C=CC[C@H]2c3ccccc3NC(=O)[C@@]12[N+](=O)[O-]. The molecule has 1 heterocycles. The minimum absolute atomic E-state index is 0.450. The average molecular weight is 274 g/mol. The molecule has 0 saturated carbocycles. The van der Waals surface area contributed by atoms with Crippen LogP contribution >= 0.6 is 0 Å². The quantitative estimate of drug-likeness (QED) is 0.505. The molecule has 1 aromatic carbocycles. The number of fused-ring (bicyclic) bond motifs is 3. The van der Waals surface area contributed by atoms with Crippen molar-refractivity contribution in [1.29, 1.82) is 0 Å². The van der Waals surface area contributed by atoms with E-state index in [-0.39, 0.29) is 0 Å². The van der Waals surface area contributed by atoms with Crippen molar-refractivity contribution in [3.8, 4) is 0 Å². The summed E-state index contributed by atoms with van der Waals surface area (Å²) < 4.78 is 5.22. The summed E-state index contributed by atoms with van der Waals surface area (Å²) in [6, 6.07) is 7.20. The maximum absolute atomic E-state index is 12.5. The normalized spacial score (nSPS) is 31.1. The molecule has 3 rings (SSSR count). The summed E-state index contributed by atoms with van der Waals surface area (Å²) >= 11 is 0. The molecule has 104 valence electrons. The molecule has 1 aromatic rings. The fourth-order valence-electron chi connectivity index (χ4n) is 3.22. The zero-order valence-corrected chi connectivity index (χ0v) is 10.9. The van der Waals surface area contributed by atoms with Gasteiger partial charge in [0.05, 0.1) is 5.92 Å². The number of nitrogens with one attached hydrogen (secondary N) is 1. The number of carbonyl (C=O) groups is 1. The number of allylic oxidation sites excluding steroid dienone is 1. The monoisotopic (exact) mass is 274 g/mol. The molecule has 0 aromatic heterocycles. The number of anilines is 1. The van der Waals surface area contributed by atoms with Gasteiger partial charge in [-0.05, 0) is 18.1 Å².